The van der Waals surface area contributed by atoms with E-state index in [1.54, 1.807) is 0 Å². The fourth-order valence-corrected chi connectivity index (χ4v) is 1.09. The number of carbonyl (C=O) groups excluding carboxylic acids is 1. The Balaban J connectivity index is 3.16. The molecule has 0 atom stereocenters. The molecule has 0 saturated heterocycles. The maximum absolute atomic E-state index is 10.5. The number of aromatic hydroxyl groups is 1. The van der Waals surface area contributed by atoms with Crippen molar-refractivity contribution >= 4 is 6.29 Å². The van der Waals surface area contributed by atoms with Gasteiger partial charge >= 0.3 is 0 Å². The molecule has 0 saturated carbocycles. The molecule has 0 spiro atoms. The van der Waals surface area contributed by atoms with Crippen LogP contribution in [-0.2, 0) is 0 Å². The lowest BCUT2D eigenvalue weighted by molar-refractivity contribution is 0.112. The summed E-state index contributed by atoms with van der Waals surface area (Å²) in [6.07, 6.45) is 0.563. The van der Waals surface area contributed by atoms with Crippen LogP contribution in [0.1, 0.15) is 17.3 Å². The predicted octanol–water partition coefficient (Wildman–Crippen LogP) is 1.61. The molecule has 0 aliphatic rings. The molecule has 76 valence electrons. The van der Waals surface area contributed by atoms with E-state index in [4.69, 9.17) is 9.47 Å². The molecule has 1 aromatic carbocycles. The third-order valence-corrected chi connectivity index (χ3v) is 1.74. The normalized spacial score (nSPS) is 9.57. The molecule has 0 unspecified atom stereocenters. The van der Waals surface area contributed by atoms with Crippen LogP contribution in [0.3, 0.4) is 0 Å². The highest BCUT2D eigenvalue weighted by molar-refractivity contribution is 5.81. The van der Waals surface area contributed by atoms with E-state index in [0.29, 0.717) is 24.4 Å². The lowest BCUT2D eigenvalue weighted by Crippen LogP contribution is -1.96. The maximum atomic E-state index is 10.5. The Hall–Kier alpha value is -1.71. The zero-order valence-electron chi connectivity index (χ0n) is 8.11. The molecular formula is C10H12O4. The Kier molecular flexibility index (Phi) is 3.34. The van der Waals surface area contributed by atoms with Gasteiger partial charge < -0.3 is 14.6 Å². The number of phenolic OH excluding ortho intramolecular Hbond substituents is 1. The average molecular weight is 196 g/mol. The molecule has 0 radical (unpaired) electrons. The quantitative estimate of drug-likeness (QED) is 0.743. The summed E-state index contributed by atoms with van der Waals surface area (Å²) in [5.41, 5.74) is 0.185. The summed E-state index contributed by atoms with van der Waals surface area (Å²) < 4.78 is 10.2. The van der Waals surface area contributed by atoms with Crippen molar-refractivity contribution < 1.29 is 19.4 Å². The van der Waals surface area contributed by atoms with Crippen molar-refractivity contribution in [2.45, 2.75) is 6.92 Å². The monoisotopic (exact) mass is 196 g/mol. The van der Waals surface area contributed by atoms with E-state index >= 15 is 0 Å². The fraction of sp³-hybridized carbons (Fsp3) is 0.300. The molecule has 0 aliphatic heterocycles. The van der Waals surface area contributed by atoms with Crippen molar-refractivity contribution in [2.75, 3.05) is 13.7 Å². The van der Waals surface area contributed by atoms with Gasteiger partial charge in [-0.05, 0) is 13.0 Å². The predicted molar refractivity (Wildman–Crippen MR) is 51.2 cm³/mol. The summed E-state index contributed by atoms with van der Waals surface area (Å²) in [4.78, 5) is 10.5. The van der Waals surface area contributed by atoms with Crippen LogP contribution < -0.4 is 9.47 Å². The van der Waals surface area contributed by atoms with Gasteiger partial charge in [0, 0.05) is 6.07 Å². The highest BCUT2D eigenvalue weighted by atomic mass is 16.5. The van der Waals surface area contributed by atoms with E-state index < -0.39 is 0 Å². The van der Waals surface area contributed by atoms with Crippen molar-refractivity contribution in [2.24, 2.45) is 0 Å². The number of aldehydes is 1. The Labute approximate surface area is 82.1 Å². The summed E-state index contributed by atoms with van der Waals surface area (Å²) in [5, 5.41) is 9.37. The highest BCUT2D eigenvalue weighted by Crippen LogP contribution is 2.33. The Bertz CT molecular complexity index is 333. The Morgan fingerprint density at radius 1 is 1.43 bits per heavy atom. The van der Waals surface area contributed by atoms with Crippen LogP contribution in [0, 0.1) is 0 Å². The van der Waals surface area contributed by atoms with Gasteiger partial charge in [0.15, 0.2) is 17.8 Å². The van der Waals surface area contributed by atoms with Gasteiger partial charge in [-0.25, -0.2) is 0 Å². The molecule has 14 heavy (non-hydrogen) atoms. The van der Waals surface area contributed by atoms with Crippen LogP contribution in [0.4, 0.5) is 0 Å². The lowest BCUT2D eigenvalue weighted by Gasteiger charge is -2.10. The van der Waals surface area contributed by atoms with Crippen molar-refractivity contribution in [1.29, 1.82) is 0 Å². The second kappa shape index (κ2) is 4.50. The topological polar surface area (TPSA) is 55.8 Å². The summed E-state index contributed by atoms with van der Waals surface area (Å²) in [6.45, 7) is 2.29. The van der Waals surface area contributed by atoms with Crippen LogP contribution in [0.5, 0.6) is 17.2 Å². The lowest BCUT2D eigenvalue weighted by atomic mass is 10.2. The number of phenols is 1. The molecule has 0 aliphatic carbocycles. The van der Waals surface area contributed by atoms with Crippen LogP contribution in [0.25, 0.3) is 0 Å². The molecule has 0 aromatic heterocycles. The molecule has 4 heteroatoms. The SMILES string of the molecule is CCOc1cc(O)c(C=O)cc1OC. The van der Waals surface area contributed by atoms with Crippen LogP contribution in [0.15, 0.2) is 12.1 Å². The zero-order valence-corrected chi connectivity index (χ0v) is 8.11. The number of rotatable bonds is 4. The van der Waals surface area contributed by atoms with Crippen molar-refractivity contribution in [3.8, 4) is 17.2 Å². The molecule has 1 rings (SSSR count). The van der Waals surface area contributed by atoms with Gasteiger partial charge in [-0.2, -0.15) is 0 Å². The average Bonchev–Trinajstić information content (AvgIpc) is 2.19. The molecule has 1 N–H and O–H groups in total. The van der Waals surface area contributed by atoms with Gasteiger partial charge in [0.1, 0.15) is 5.75 Å². The van der Waals surface area contributed by atoms with Gasteiger partial charge in [0.05, 0.1) is 19.3 Å². The molecule has 0 amide bonds. The van der Waals surface area contributed by atoms with Gasteiger partial charge in [-0.3, -0.25) is 4.79 Å². The molecule has 1 aromatic rings. The number of hydrogen-bond donors (Lipinski definition) is 1. The minimum absolute atomic E-state index is 0.107. The molecular weight excluding hydrogens is 184 g/mol. The zero-order chi connectivity index (χ0) is 10.6. The van der Waals surface area contributed by atoms with Crippen LogP contribution in [-0.4, -0.2) is 25.1 Å². The summed E-state index contributed by atoms with van der Waals surface area (Å²) in [5.74, 6) is 0.758. The smallest absolute Gasteiger partial charge is 0.164 e. The van der Waals surface area contributed by atoms with E-state index in [9.17, 15) is 9.90 Å². The molecule has 0 heterocycles. The standard InChI is InChI=1S/C10H12O4/c1-3-14-10-5-8(12)7(6-11)4-9(10)13-2/h4-6,12H,3H2,1-2H3. The number of hydrogen-bond acceptors (Lipinski definition) is 4. The van der Waals surface area contributed by atoms with Gasteiger partial charge in [-0.15, -0.1) is 0 Å². The highest BCUT2D eigenvalue weighted by Gasteiger charge is 2.09. The number of methoxy groups -OCH3 is 1. The van der Waals surface area contributed by atoms with E-state index in [-0.39, 0.29) is 11.3 Å². The van der Waals surface area contributed by atoms with Gasteiger partial charge in [0.2, 0.25) is 0 Å². The first-order valence-electron chi connectivity index (χ1n) is 4.21. The number of benzene rings is 1. The van der Waals surface area contributed by atoms with Gasteiger partial charge in [-0.1, -0.05) is 0 Å². The first-order chi connectivity index (χ1) is 6.72. The van der Waals surface area contributed by atoms with Crippen LogP contribution >= 0.6 is 0 Å². The number of carbonyl (C=O) groups is 1. The third kappa shape index (κ3) is 1.96. The minimum Gasteiger partial charge on any atom is -0.507 e. The van der Waals surface area contributed by atoms with Crippen molar-refractivity contribution in [1.82, 2.24) is 0 Å². The van der Waals surface area contributed by atoms with Crippen molar-refractivity contribution in [3.63, 3.8) is 0 Å². The minimum atomic E-state index is -0.107. The van der Waals surface area contributed by atoms with Crippen LogP contribution in [0.2, 0.25) is 0 Å². The first kappa shape index (κ1) is 10.4. The summed E-state index contributed by atoms with van der Waals surface area (Å²) in [6, 6.07) is 2.80. The Morgan fingerprint density at radius 2 is 2.14 bits per heavy atom. The van der Waals surface area contributed by atoms with E-state index in [0.717, 1.165) is 0 Å². The van der Waals surface area contributed by atoms with E-state index in [1.807, 2.05) is 6.92 Å². The third-order valence-electron chi connectivity index (χ3n) is 1.74. The van der Waals surface area contributed by atoms with E-state index in [2.05, 4.69) is 0 Å². The molecule has 0 fully saturated rings. The second-order valence-electron chi connectivity index (χ2n) is 2.61. The van der Waals surface area contributed by atoms with E-state index in [1.165, 1.54) is 19.2 Å². The summed E-state index contributed by atoms with van der Waals surface area (Å²) in [7, 11) is 1.48. The number of ether oxygens (including phenoxy) is 2. The molecule has 4 nitrogen and oxygen atoms in total. The fourth-order valence-electron chi connectivity index (χ4n) is 1.09. The first-order valence-corrected chi connectivity index (χ1v) is 4.21. The molecule has 0 bridgehead atoms. The summed E-state index contributed by atoms with van der Waals surface area (Å²) >= 11 is 0. The largest absolute Gasteiger partial charge is 0.507 e. The Morgan fingerprint density at radius 3 is 2.64 bits per heavy atom. The second-order valence-corrected chi connectivity index (χ2v) is 2.61. The van der Waals surface area contributed by atoms with Gasteiger partial charge in [0.25, 0.3) is 0 Å². The van der Waals surface area contributed by atoms with Crippen molar-refractivity contribution in [3.05, 3.63) is 17.7 Å². The maximum Gasteiger partial charge on any atom is 0.164 e.